The van der Waals surface area contributed by atoms with Crippen molar-refractivity contribution in [2.45, 2.75) is 24.0 Å². The van der Waals surface area contributed by atoms with E-state index < -0.39 is 0 Å². The lowest BCUT2D eigenvalue weighted by atomic mass is 10.4. The van der Waals surface area contributed by atoms with Gasteiger partial charge in [0.25, 0.3) is 0 Å². The fourth-order valence-corrected chi connectivity index (χ4v) is 2.47. The summed E-state index contributed by atoms with van der Waals surface area (Å²) >= 11 is 13.2. The van der Waals surface area contributed by atoms with Gasteiger partial charge >= 0.3 is 5.97 Å². The number of hydrogen-bond donors (Lipinski definition) is 0. The largest absolute Gasteiger partial charge is 0.465 e. The van der Waals surface area contributed by atoms with Crippen molar-refractivity contribution in [1.82, 2.24) is 0 Å². The van der Waals surface area contributed by atoms with Gasteiger partial charge in [-0.05, 0) is 32.0 Å². The lowest BCUT2D eigenvalue weighted by molar-refractivity contribution is -0.142. The van der Waals surface area contributed by atoms with Gasteiger partial charge in [0.2, 0.25) is 0 Å². The number of rotatable bonds is 4. The highest BCUT2D eigenvalue weighted by Crippen LogP contribution is 2.32. The molecule has 0 radical (unpaired) electrons. The summed E-state index contributed by atoms with van der Waals surface area (Å²) in [4.78, 5) is 12.2. The molecule has 0 aliphatic heterocycles. The predicted molar refractivity (Wildman–Crippen MR) is 68.4 cm³/mol. The van der Waals surface area contributed by atoms with Gasteiger partial charge in [0, 0.05) is 9.92 Å². The Morgan fingerprint density at radius 1 is 1.50 bits per heavy atom. The molecule has 0 spiro atoms. The standard InChI is InChI=1S/C11H12Cl2O2S/c1-3-15-11(14)7(2)16-10-6-8(12)4-5-9(10)13/h4-7H,3H2,1-2H3/t7-/m1/s1. The second kappa shape index (κ2) is 6.38. The molecule has 0 aromatic heterocycles. The molecule has 0 bridgehead atoms. The Morgan fingerprint density at radius 3 is 2.81 bits per heavy atom. The minimum atomic E-state index is -0.295. The highest BCUT2D eigenvalue weighted by atomic mass is 35.5. The molecule has 88 valence electrons. The first-order chi connectivity index (χ1) is 7.54. The summed E-state index contributed by atoms with van der Waals surface area (Å²) in [6, 6.07) is 5.16. The molecule has 0 aliphatic carbocycles. The van der Waals surface area contributed by atoms with E-state index in [0.717, 1.165) is 4.90 Å². The highest BCUT2D eigenvalue weighted by Gasteiger charge is 2.16. The number of hydrogen-bond acceptors (Lipinski definition) is 3. The van der Waals surface area contributed by atoms with Crippen LogP contribution in [0.3, 0.4) is 0 Å². The average Bonchev–Trinajstić information content (AvgIpc) is 2.23. The molecule has 0 saturated heterocycles. The van der Waals surface area contributed by atoms with Crippen LogP contribution in [0.1, 0.15) is 13.8 Å². The van der Waals surface area contributed by atoms with E-state index in [1.54, 1.807) is 32.0 Å². The molecule has 2 nitrogen and oxygen atoms in total. The smallest absolute Gasteiger partial charge is 0.319 e. The van der Waals surface area contributed by atoms with E-state index in [9.17, 15) is 4.79 Å². The van der Waals surface area contributed by atoms with Crippen LogP contribution in [0.2, 0.25) is 10.0 Å². The average molecular weight is 279 g/mol. The molecule has 0 unspecified atom stereocenters. The van der Waals surface area contributed by atoms with Crippen LogP contribution in [0.4, 0.5) is 0 Å². The van der Waals surface area contributed by atoms with Crippen molar-refractivity contribution < 1.29 is 9.53 Å². The number of ether oxygens (including phenoxy) is 1. The second-order valence-corrected chi connectivity index (χ2v) is 5.31. The summed E-state index contributed by atoms with van der Waals surface area (Å²) in [7, 11) is 0. The molecule has 1 aromatic rings. The van der Waals surface area contributed by atoms with Crippen molar-refractivity contribution in [3.8, 4) is 0 Å². The maximum atomic E-state index is 11.4. The van der Waals surface area contributed by atoms with Crippen LogP contribution < -0.4 is 0 Å². The Kier molecular flexibility index (Phi) is 5.46. The van der Waals surface area contributed by atoms with Crippen LogP contribution in [0, 0.1) is 0 Å². The quantitative estimate of drug-likeness (QED) is 0.614. The molecule has 0 fully saturated rings. The van der Waals surface area contributed by atoms with Gasteiger partial charge in [-0.3, -0.25) is 4.79 Å². The molecule has 5 heteroatoms. The van der Waals surface area contributed by atoms with Gasteiger partial charge in [-0.1, -0.05) is 23.2 Å². The summed E-state index contributed by atoms with van der Waals surface area (Å²) in [5.74, 6) is -0.247. The number of carbonyl (C=O) groups excluding carboxylic acids is 1. The number of esters is 1. The van der Waals surface area contributed by atoms with E-state index in [1.807, 2.05) is 0 Å². The lowest BCUT2D eigenvalue weighted by Crippen LogP contribution is -2.16. The van der Waals surface area contributed by atoms with Crippen LogP contribution >= 0.6 is 35.0 Å². The van der Waals surface area contributed by atoms with Crippen LogP contribution in [0.25, 0.3) is 0 Å². The number of benzene rings is 1. The first-order valence-corrected chi connectivity index (χ1v) is 6.46. The zero-order valence-corrected chi connectivity index (χ0v) is 11.3. The molecule has 1 rings (SSSR count). The third-order valence-corrected chi connectivity index (χ3v) is 3.63. The normalized spacial score (nSPS) is 12.2. The van der Waals surface area contributed by atoms with Gasteiger partial charge in [0.15, 0.2) is 0 Å². The fraction of sp³-hybridized carbons (Fsp3) is 0.364. The topological polar surface area (TPSA) is 26.3 Å². The monoisotopic (exact) mass is 278 g/mol. The molecule has 0 N–H and O–H groups in total. The van der Waals surface area contributed by atoms with Gasteiger partial charge < -0.3 is 4.74 Å². The molecule has 0 saturated carbocycles. The van der Waals surface area contributed by atoms with E-state index >= 15 is 0 Å². The fourth-order valence-electron chi connectivity index (χ4n) is 1.07. The van der Waals surface area contributed by atoms with Crippen molar-refractivity contribution in [2.75, 3.05) is 6.61 Å². The highest BCUT2D eigenvalue weighted by molar-refractivity contribution is 8.00. The van der Waals surface area contributed by atoms with Gasteiger partial charge in [0.05, 0.1) is 11.6 Å². The molecule has 16 heavy (non-hydrogen) atoms. The first kappa shape index (κ1) is 13.7. The summed E-state index contributed by atoms with van der Waals surface area (Å²) in [6.45, 7) is 3.94. The summed E-state index contributed by atoms with van der Waals surface area (Å²) in [6.07, 6.45) is 0. The zero-order valence-electron chi connectivity index (χ0n) is 9.00. The molecular weight excluding hydrogens is 267 g/mol. The van der Waals surface area contributed by atoms with Gasteiger partial charge in [-0.2, -0.15) is 0 Å². The van der Waals surface area contributed by atoms with Gasteiger partial charge in [-0.25, -0.2) is 0 Å². The van der Waals surface area contributed by atoms with E-state index in [0.29, 0.717) is 16.7 Å². The van der Waals surface area contributed by atoms with E-state index in [-0.39, 0.29) is 11.2 Å². The molecule has 0 aliphatic rings. The van der Waals surface area contributed by atoms with Crippen molar-refractivity contribution in [1.29, 1.82) is 0 Å². The second-order valence-electron chi connectivity index (χ2n) is 3.09. The molecule has 0 heterocycles. The lowest BCUT2D eigenvalue weighted by Gasteiger charge is -2.11. The maximum absolute atomic E-state index is 11.4. The summed E-state index contributed by atoms with van der Waals surface area (Å²) < 4.78 is 4.91. The van der Waals surface area contributed by atoms with Crippen molar-refractivity contribution in [3.63, 3.8) is 0 Å². The minimum Gasteiger partial charge on any atom is -0.465 e. The molecular formula is C11H12Cl2O2S. The van der Waals surface area contributed by atoms with Gasteiger partial charge in [-0.15, -0.1) is 11.8 Å². The summed E-state index contributed by atoms with van der Waals surface area (Å²) in [5, 5.41) is 0.893. The third-order valence-electron chi connectivity index (χ3n) is 1.82. The van der Waals surface area contributed by atoms with E-state index in [2.05, 4.69) is 0 Å². The van der Waals surface area contributed by atoms with Crippen LogP contribution in [-0.4, -0.2) is 17.8 Å². The van der Waals surface area contributed by atoms with Gasteiger partial charge in [0.1, 0.15) is 5.25 Å². The molecule has 1 atom stereocenters. The Hall–Kier alpha value is -0.380. The zero-order chi connectivity index (χ0) is 12.1. The van der Waals surface area contributed by atoms with Crippen molar-refractivity contribution >= 4 is 40.9 Å². The first-order valence-electron chi connectivity index (χ1n) is 4.83. The predicted octanol–water partition coefficient (Wildman–Crippen LogP) is 4.04. The number of carbonyl (C=O) groups is 1. The minimum absolute atomic E-state index is 0.247. The SMILES string of the molecule is CCOC(=O)[C@@H](C)Sc1cc(Cl)ccc1Cl. The van der Waals surface area contributed by atoms with Crippen molar-refractivity contribution in [3.05, 3.63) is 28.2 Å². The van der Waals surface area contributed by atoms with E-state index in [1.165, 1.54) is 11.8 Å². The number of halogens is 2. The summed E-state index contributed by atoms with van der Waals surface area (Å²) in [5.41, 5.74) is 0. The Labute approximate surface area is 109 Å². The van der Waals surface area contributed by atoms with Crippen LogP contribution in [0.5, 0.6) is 0 Å². The molecule has 1 aromatic carbocycles. The van der Waals surface area contributed by atoms with Crippen LogP contribution in [0.15, 0.2) is 23.1 Å². The van der Waals surface area contributed by atoms with Crippen molar-refractivity contribution in [2.24, 2.45) is 0 Å². The Balaban J connectivity index is 2.72. The van der Waals surface area contributed by atoms with Crippen LogP contribution in [-0.2, 0) is 9.53 Å². The Morgan fingerprint density at radius 2 is 2.19 bits per heavy atom. The van der Waals surface area contributed by atoms with E-state index in [4.69, 9.17) is 27.9 Å². The Bertz CT molecular complexity index is 382. The third kappa shape index (κ3) is 3.89. The maximum Gasteiger partial charge on any atom is 0.319 e. The number of thioether (sulfide) groups is 1. The molecule has 0 amide bonds.